The van der Waals surface area contributed by atoms with Crippen molar-refractivity contribution in [1.29, 1.82) is 0 Å². The first kappa shape index (κ1) is 26.4. The fourth-order valence-corrected chi connectivity index (χ4v) is 3.57. The average Bonchev–Trinajstić information content (AvgIpc) is 3.25. The fraction of sp³-hybridized carbons (Fsp3) is 0.500. The number of guanidine groups is 1. The number of benzene rings is 1. The van der Waals surface area contributed by atoms with E-state index in [9.17, 15) is 0 Å². The Morgan fingerprint density at radius 3 is 2.66 bits per heavy atom. The van der Waals surface area contributed by atoms with E-state index in [0.29, 0.717) is 19.7 Å². The summed E-state index contributed by atoms with van der Waals surface area (Å²) >= 11 is 5.91. The Morgan fingerprint density at radius 2 is 1.97 bits per heavy atom. The van der Waals surface area contributed by atoms with Crippen LogP contribution in [0.15, 0.2) is 48.2 Å². The van der Waals surface area contributed by atoms with E-state index < -0.39 is 0 Å². The number of halogens is 2. The largest absolute Gasteiger partial charge is 0.492 e. The summed E-state index contributed by atoms with van der Waals surface area (Å²) in [7, 11) is 0. The van der Waals surface area contributed by atoms with E-state index in [1.54, 1.807) is 6.33 Å². The molecule has 3 rings (SSSR count). The SMILES string of the molecule is C=CCNC(=NCCn1cnnc1CC)N1CCN(CCOc2ccc(Cl)cc2)CC1.I. The van der Waals surface area contributed by atoms with Crippen LogP contribution >= 0.6 is 35.6 Å². The zero-order valence-corrected chi connectivity index (χ0v) is 21.7. The highest BCUT2D eigenvalue weighted by molar-refractivity contribution is 14.0. The van der Waals surface area contributed by atoms with Crippen LogP contribution in [0.25, 0.3) is 0 Å². The van der Waals surface area contributed by atoms with Crippen LogP contribution < -0.4 is 10.1 Å². The molecule has 1 N–H and O–H groups in total. The predicted octanol–water partition coefficient (Wildman–Crippen LogP) is 2.94. The van der Waals surface area contributed by atoms with Gasteiger partial charge in [-0.2, -0.15) is 0 Å². The molecule has 0 saturated carbocycles. The lowest BCUT2D eigenvalue weighted by atomic mass is 10.3. The van der Waals surface area contributed by atoms with Crippen molar-refractivity contribution in [2.45, 2.75) is 19.9 Å². The highest BCUT2D eigenvalue weighted by Gasteiger charge is 2.19. The lowest BCUT2D eigenvalue weighted by Gasteiger charge is -2.36. The third kappa shape index (κ3) is 8.25. The zero-order chi connectivity index (χ0) is 21.9. The molecule has 1 aromatic heterocycles. The molecule has 0 amide bonds. The van der Waals surface area contributed by atoms with Gasteiger partial charge in [0.2, 0.25) is 0 Å². The minimum atomic E-state index is 0. The highest BCUT2D eigenvalue weighted by atomic mass is 127. The molecule has 176 valence electrons. The Kier molecular flexibility index (Phi) is 11.8. The lowest BCUT2D eigenvalue weighted by Crippen LogP contribution is -2.53. The molecule has 0 unspecified atom stereocenters. The van der Waals surface area contributed by atoms with E-state index in [4.69, 9.17) is 21.3 Å². The van der Waals surface area contributed by atoms with Gasteiger partial charge >= 0.3 is 0 Å². The quantitative estimate of drug-likeness (QED) is 0.204. The van der Waals surface area contributed by atoms with Crippen molar-refractivity contribution in [3.8, 4) is 5.75 Å². The number of aliphatic imine (C=N–C) groups is 1. The second-order valence-corrected chi connectivity index (χ2v) is 7.74. The number of nitrogens with zero attached hydrogens (tertiary/aromatic N) is 6. The summed E-state index contributed by atoms with van der Waals surface area (Å²) < 4.78 is 7.89. The van der Waals surface area contributed by atoms with Crippen molar-refractivity contribution >= 4 is 41.5 Å². The van der Waals surface area contributed by atoms with Crippen molar-refractivity contribution in [1.82, 2.24) is 29.9 Å². The summed E-state index contributed by atoms with van der Waals surface area (Å²) in [6, 6.07) is 7.49. The molecule has 1 aliphatic rings. The molecule has 10 heteroatoms. The standard InChI is InChI=1S/C22H32ClN7O.HI/c1-3-9-24-22(25-10-11-30-18-26-27-21(30)4-2)29-14-12-28(13-15-29)16-17-31-20-7-5-19(23)6-8-20;/h3,5-8,18H,1,4,9-17H2,2H3,(H,24,25);1H. The predicted molar refractivity (Wildman–Crippen MR) is 140 cm³/mol. The first-order chi connectivity index (χ1) is 15.2. The highest BCUT2D eigenvalue weighted by Crippen LogP contribution is 2.15. The molecule has 0 spiro atoms. The molecule has 2 aromatic rings. The number of hydrogen-bond acceptors (Lipinski definition) is 5. The van der Waals surface area contributed by atoms with E-state index in [1.807, 2.05) is 30.3 Å². The number of piperazine rings is 1. The van der Waals surface area contributed by atoms with Gasteiger partial charge in [0.1, 0.15) is 24.5 Å². The number of ether oxygens (including phenoxy) is 1. The van der Waals surface area contributed by atoms with Crippen LogP contribution in [0.2, 0.25) is 5.02 Å². The maximum atomic E-state index is 5.91. The van der Waals surface area contributed by atoms with E-state index in [0.717, 1.165) is 68.2 Å². The first-order valence-corrected chi connectivity index (χ1v) is 11.2. The lowest BCUT2D eigenvalue weighted by molar-refractivity contribution is 0.152. The topological polar surface area (TPSA) is 70.8 Å². The second kappa shape index (κ2) is 14.3. The number of rotatable bonds is 10. The third-order valence-corrected chi connectivity index (χ3v) is 5.43. The Morgan fingerprint density at radius 1 is 1.22 bits per heavy atom. The summed E-state index contributed by atoms with van der Waals surface area (Å²) in [4.78, 5) is 9.55. The molecule has 1 saturated heterocycles. The van der Waals surface area contributed by atoms with Crippen LogP contribution in [0.1, 0.15) is 12.7 Å². The van der Waals surface area contributed by atoms with Crippen LogP contribution in [0.5, 0.6) is 5.75 Å². The summed E-state index contributed by atoms with van der Waals surface area (Å²) in [5, 5.41) is 12.2. The number of aryl methyl sites for hydroxylation is 1. The summed E-state index contributed by atoms with van der Waals surface area (Å²) in [5.74, 6) is 2.78. The maximum Gasteiger partial charge on any atom is 0.194 e. The van der Waals surface area contributed by atoms with E-state index in [-0.39, 0.29) is 24.0 Å². The second-order valence-electron chi connectivity index (χ2n) is 7.30. The van der Waals surface area contributed by atoms with Crippen molar-refractivity contribution in [3.63, 3.8) is 0 Å². The van der Waals surface area contributed by atoms with Crippen molar-refractivity contribution < 1.29 is 4.74 Å². The molecule has 2 heterocycles. The van der Waals surface area contributed by atoms with Gasteiger partial charge in [0, 0.05) is 57.3 Å². The summed E-state index contributed by atoms with van der Waals surface area (Å²) in [6.07, 6.45) is 4.50. The number of nitrogens with one attached hydrogen (secondary N) is 1. The van der Waals surface area contributed by atoms with Crippen LogP contribution in [-0.2, 0) is 13.0 Å². The molecule has 0 atom stereocenters. The monoisotopic (exact) mass is 573 g/mol. The van der Waals surface area contributed by atoms with E-state index >= 15 is 0 Å². The molecule has 32 heavy (non-hydrogen) atoms. The van der Waals surface area contributed by atoms with Crippen molar-refractivity contribution in [2.24, 2.45) is 4.99 Å². The Hall–Kier alpha value is -1.85. The van der Waals surface area contributed by atoms with Gasteiger partial charge in [0.05, 0.1) is 6.54 Å². The van der Waals surface area contributed by atoms with Gasteiger partial charge < -0.3 is 19.5 Å². The van der Waals surface area contributed by atoms with E-state index in [2.05, 4.69) is 43.4 Å². The molecule has 0 radical (unpaired) electrons. The van der Waals surface area contributed by atoms with Crippen LogP contribution in [-0.4, -0.2) is 82.9 Å². The minimum absolute atomic E-state index is 0. The molecule has 1 aromatic carbocycles. The van der Waals surface area contributed by atoms with Crippen molar-refractivity contribution in [2.75, 3.05) is 52.4 Å². The van der Waals surface area contributed by atoms with Crippen LogP contribution in [0.4, 0.5) is 0 Å². The third-order valence-electron chi connectivity index (χ3n) is 5.18. The molecule has 0 aliphatic carbocycles. The zero-order valence-electron chi connectivity index (χ0n) is 18.6. The number of aromatic nitrogens is 3. The maximum absolute atomic E-state index is 5.91. The van der Waals surface area contributed by atoms with Crippen LogP contribution in [0, 0.1) is 0 Å². The van der Waals surface area contributed by atoms with Gasteiger partial charge in [-0.25, -0.2) is 0 Å². The summed E-state index contributed by atoms with van der Waals surface area (Å²) in [5.41, 5.74) is 0. The Bertz CT molecular complexity index is 835. The van der Waals surface area contributed by atoms with Crippen molar-refractivity contribution in [3.05, 3.63) is 54.1 Å². The van der Waals surface area contributed by atoms with Gasteiger partial charge in [0.15, 0.2) is 5.96 Å². The number of hydrogen-bond donors (Lipinski definition) is 1. The molecule has 0 bridgehead atoms. The molecule has 1 fully saturated rings. The molecular weight excluding hydrogens is 541 g/mol. The first-order valence-electron chi connectivity index (χ1n) is 10.8. The molecule has 8 nitrogen and oxygen atoms in total. The Balaban J connectivity index is 0.00000363. The van der Waals surface area contributed by atoms with Gasteiger partial charge in [-0.05, 0) is 24.3 Å². The van der Waals surface area contributed by atoms with Gasteiger partial charge in [-0.3, -0.25) is 9.89 Å². The van der Waals surface area contributed by atoms with E-state index in [1.165, 1.54) is 0 Å². The Labute approximate surface area is 212 Å². The van der Waals surface area contributed by atoms with Crippen LogP contribution in [0.3, 0.4) is 0 Å². The van der Waals surface area contributed by atoms with Gasteiger partial charge in [0.25, 0.3) is 0 Å². The molecular formula is C22H33ClIN7O. The minimum Gasteiger partial charge on any atom is -0.492 e. The summed E-state index contributed by atoms with van der Waals surface area (Å²) in [6.45, 7) is 13.4. The van der Waals surface area contributed by atoms with Gasteiger partial charge in [-0.15, -0.1) is 40.8 Å². The average molecular weight is 574 g/mol. The fourth-order valence-electron chi connectivity index (χ4n) is 3.44. The smallest absolute Gasteiger partial charge is 0.194 e. The molecule has 1 aliphatic heterocycles. The van der Waals surface area contributed by atoms with Gasteiger partial charge in [-0.1, -0.05) is 24.6 Å². The normalized spacial score (nSPS) is 14.7.